The van der Waals surface area contributed by atoms with Crippen molar-refractivity contribution in [3.05, 3.63) is 52.8 Å². The van der Waals surface area contributed by atoms with E-state index in [-0.39, 0.29) is 25.0 Å². The quantitative estimate of drug-likeness (QED) is 0.755. The van der Waals surface area contributed by atoms with Gasteiger partial charge in [0.2, 0.25) is 0 Å². The molecular formula is C21H27N3O4. The van der Waals surface area contributed by atoms with E-state index in [0.29, 0.717) is 25.3 Å². The van der Waals surface area contributed by atoms with Crippen molar-refractivity contribution >= 4 is 11.9 Å². The molecule has 0 saturated carbocycles. The Bertz CT molecular complexity index is 840. The molecule has 0 aliphatic carbocycles. The summed E-state index contributed by atoms with van der Waals surface area (Å²) >= 11 is 0. The zero-order valence-corrected chi connectivity index (χ0v) is 16.4. The summed E-state index contributed by atoms with van der Waals surface area (Å²) in [7, 11) is 0. The second kappa shape index (κ2) is 9.01. The fraction of sp³-hybridized carbons (Fsp3) is 0.476. The van der Waals surface area contributed by atoms with Gasteiger partial charge in [-0.1, -0.05) is 12.1 Å². The first-order valence-electron chi connectivity index (χ1n) is 9.65. The fourth-order valence-corrected chi connectivity index (χ4v) is 3.53. The van der Waals surface area contributed by atoms with Crippen LogP contribution in [0.2, 0.25) is 0 Å². The number of amides is 1. The molecule has 2 heterocycles. The minimum Gasteiger partial charge on any atom is -0.481 e. The molecule has 0 radical (unpaired) electrons. The summed E-state index contributed by atoms with van der Waals surface area (Å²) in [4.78, 5) is 25.7. The highest BCUT2D eigenvalue weighted by atomic mass is 16.5. The lowest BCUT2D eigenvalue weighted by atomic mass is 10.1. The molecule has 28 heavy (non-hydrogen) atoms. The Kier molecular flexibility index (Phi) is 6.46. The van der Waals surface area contributed by atoms with E-state index < -0.39 is 5.97 Å². The van der Waals surface area contributed by atoms with Crippen LogP contribution in [0.1, 0.15) is 46.6 Å². The van der Waals surface area contributed by atoms with Crippen molar-refractivity contribution in [2.75, 3.05) is 19.7 Å². The van der Waals surface area contributed by atoms with Gasteiger partial charge >= 0.3 is 5.97 Å². The number of hydrogen-bond acceptors (Lipinski definition) is 4. The van der Waals surface area contributed by atoms with E-state index in [1.807, 2.05) is 42.8 Å². The Balaban J connectivity index is 1.75. The molecule has 3 rings (SSSR count). The Morgan fingerprint density at radius 2 is 2.14 bits per heavy atom. The number of aryl methyl sites for hydroxylation is 2. The molecule has 1 aliphatic heterocycles. The molecule has 1 aromatic heterocycles. The van der Waals surface area contributed by atoms with Crippen LogP contribution in [-0.2, 0) is 16.1 Å². The standard InChI is InChI=1S/C21H27N3O4/c1-15-11-16(2)24(22-15)13-17-5-3-6-18(12-17)21(27)23(9-8-20(25)26)14-19-7-4-10-28-19/h3,5-6,11-12,19H,4,7-10,13-14H2,1-2H3,(H,25,26). The maximum atomic E-state index is 13.1. The Morgan fingerprint density at radius 3 is 2.79 bits per heavy atom. The van der Waals surface area contributed by atoms with E-state index >= 15 is 0 Å². The SMILES string of the molecule is Cc1cc(C)n(Cc2cccc(C(=O)N(CCC(=O)O)CC3CCCO3)c2)n1. The van der Waals surface area contributed by atoms with Crippen LogP contribution in [0.4, 0.5) is 0 Å². The summed E-state index contributed by atoms with van der Waals surface area (Å²) in [6.45, 7) is 5.84. The number of rotatable bonds is 8. The topological polar surface area (TPSA) is 84.7 Å². The minimum absolute atomic E-state index is 0.0179. The van der Waals surface area contributed by atoms with E-state index in [0.717, 1.165) is 29.8 Å². The summed E-state index contributed by atoms with van der Waals surface area (Å²) in [6, 6.07) is 9.48. The number of carbonyl (C=O) groups excluding carboxylic acids is 1. The van der Waals surface area contributed by atoms with Crippen molar-refractivity contribution in [2.45, 2.75) is 45.8 Å². The normalized spacial score (nSPS) is 16.3. The molecule has 1 unspecified atom stereocenters. The molecular weight excluding hydrogens is 358 g/mol. The van der Waals surface area contributed by atoms with Crippen molar-refractivity contribution in [1.29, 1.82) is 0 Å². The number of carboxylic acids is 1. The lowest BCUT2D eigenvalue weighted by Gasteiger charge is -2.25. The minimum atomic E-state index is -0.914. The summed E-state index contributed by atoms with van der Waals surface area (Å²) in [5.74, 6) is -1.07. The van der Waals surface area contributed by atoms with Gasteiger partial charge in [-0.15, -0.1) is 0 Å². The Hall–Kier alpha value is -2.67. The maximum absolute atomic E-state index is 13.1. The first kappa shape index (κ1) is 20.1. The number of carbonyl (C=O) groups is 2. The van der Waals surface area contributed by atoms with Crippen LogP contribution in [0.3, 0.4) is 0 Å². The first-order chi connectivity index (χ1) is 13.4. The first-order valence-corrected chi connectivity index (χ1v) is 9.65. The molecule has 150 valence electrons. The summed E-state index contributed by atoms with van der Waals surface area (Å²) in [5.41, 5.74) is 3.56. The molecule has 0 bridgehead atoms. The number of carboxylic acid groups (broad SMARTS) is 1. The van der Waals surface area contributed by atoms with Crippen molar-refractivity contribution in [3.8, 4) is 0 Å². The molecule has 1 fully saturated rings. The monoisotopic (exact) mass is 385 g/mol. The van der Waals surface area contributed by atoms with Gasteiger partial charge in [-0.2, -0.15) is 5.10 Å². The molecule has 1 aliphatic rings. The number of aliphatic carboxylic acids is 1. The second-order valence-electron chi connectivity index (χ2n) is 7.32. The predicted octanol–water partition coefficient (Wildman–Crippen LogP) is 2.64. The van der Waals surface area contributed by atoms with Crippen molar-refractivity contribution < 1.29 is 19.4 Å². The van der Waals surface area contributed by atoms with E-state index in [1.54, 1.807) is 11.0 Å². The molecule has 1 aromatic carbocycles. The smallest absolute Gasteiger partial charge is 0.305 e. The van der Waals surface area contributed by atoms with Crippen LogP contribution in [-0.4, -0.2) is 57.5 Å². The van der Waals surface area contributed by atoms with E-state index in [9.17, 15) is 9.59 Å². The Labute approximate surface area is 164 Å². The summed E-state index contributed by atoms with van der Waals surface area (Å²) < 4.78 is 7.55. The lowest BCUT2D eigenvalue weighted by molar-refractivity contribution is -0.137. The van der Waals surface area contributed by atoms with Gasteiger partial charge in [0.15, 0.2) is 0 Å². The third-order valence-electron chi connectivity index (χ3n) is 4.94. The highest BCUT2D eigenvalue weighted by Gasteiger charge is 2.24. The summed E-state index contributed by atoms with van der Waals surface area (Å²) in [6.07, 6.45) is 1.78. The molecule has 0 spiro atoms. The Morgan fingerprint density at radius 1 is 1.32 bits per heavy atom. The van der Waals surface area contributed by atoms with Gasteiger partial charge in [0, 0.05) is 31.0 Å². The fourth-order valence-electron chi connectivity index (χ4n) is 3.53. The van der Waals surface area contributed by atoms with Crippen molar-refractivity contribution in [3.63, 3.8) is 0 Å². The number of aromatic nitrogens is 2. The average Bonchev–Trinajstić information content (AvgIpc) is 3.27. The maximum Gasteiger partial charge on any atom is 0.305 e. The second-order valence-corrected chi connectivity index (χ2v) is 7.32. The molecule has 7 heteroatoms. The zero-order chi connectivity index (χ0) is 20.1. The van der Waals surface area contributed by atoms with Gasteiger partial charge in [0.05, 0.1) is 24.8 Å². The highest BCUT2D eigenvalue weighted by Crippen LogP contribution is 2.17. The number of hydrogen-bond donors (Lipinski definition) is 1. The molecule has 2 aromatic rings. The van der Waals surface area contributed by atoms with Gasteiger partial charge in [0.1, 0.15) is 0 Å². The third-order valence-corrected chi connectivity index (χ3v) is 4.94. The molecule has 1 atom stereocenters. The van der Waals surface area contributed by atoms with Crippen LogP contribution in [0.15, 0.2) is 30.3 Å². The van der Waals surface area contributed by atoms with Crippen molar-refractivity contribution in [2.24, 2.45) is 0 Å². The zero-order valence-electron chi connectivity index (χ0n) is 16.4. The molecule has 1 N–H and O–H groups in total. The number of ether oxygens (including phenoxy) is 1. The van der Waals surface area contributed by atoms with Gasteiger partial charge in [-0.25, -0.2) is 0 Å². The number of benzene rings is 1. The largest absolute Gasteiger partial charge is 0.481 e. The predicted molar refractivity (Wildman–Crippen MR) is 104 cm³/mol. The van der Waals surface area contributed by atoms with Crippen LogP contribution < -0.4 is 0 Å². The third kappa shape index (κ3) is 5.19. The van der Waals surface area contributed by atoms with Crippen LogP contribution in [0.5, 0.6) is 0 Å². The lowest BCUT2D eigenvalue weighted by Crippen LogP contribution is -2.38. The van der Waals surface area contributed by atoms with Crippen LogP contribution in [0.25, 0.3) is 0 Å². The van der Waals surface area contributed by atoms with E-state index in [4.69, 9.17) is 9.84 Å². The molecule has 1 amide bonds. The highest BCUT2D eigenvalue weighted by molar-refractivity contribution is 5.94. The van der Waals surface area contributed by atoms with Crippen LogP contribution in [0, 0.1) is 13.8 Å². The molecule has 7 nitrogen and oxygen atoms in total. The van der Waals surface area contributed by atoms with Gasteiger partial charge in [-0.05, 0) is 50.5 Å². The summed E-state index contributed by atoms with van der Waals surface area (Å²) in [5, 5.41) is 13.5. The van der Waals surface area contributed by atoms with Crippen LogP contribution >= 0.6 is 0 Å². The van der Waals surface area contributed by atoms with Gasteiger partial charge in [0.25, 0.3) is 5.91 Å². The van der Waals surface area contributed by atoms with E-state index in [2.05, 4.69) is 5.10 Å². The average molecular weight is 385 g/mol. The van der Waals surface area contributed by atoms with Gasteiger partial charge in [-0.3, -0.25) is 14.3 Å². The molecule has 1 saturated heterocycles. The van der Waals surface area contributed by atoms with Gasteiger partial charge < -0.3 is 14.7 Å². The van der Waals surface area contributed by atoms with E-state index in [1.165, 1.54) is 0 Å². The number of nitrogens with zero attached hydrogens (tertiary/aromatic N) is 3. The van der Waals surface area contributed by atoms with Crippen molar-refractivity contribution in [1.82, 2.24) is 14.7 Å².